The number of hydrogen-bond acceptors (Lipinski definition) is 3. The van der Waals surface area contributed by atoms with Crippen molar-refractivity contribution in [3.63, 3.8) is 0 Å². The average molecular weight is 298 g/mol. The fraction of sp³-hybridized carbons (Fsp3) is 0.278. The first-order chi connectivity index (χ1) is 10.6. The van der Waals surface area contributed by atoms with E-state index in [0.29, 0.717) is 25.3 Å². The summed E-state index contributed by atoms with van der Waals surface area (Å²) in [5.41, 5.74) is 8.32. The second kappa shape index (κ2) is 7.61. The van der Waals surface area contributed by atoms with Crippen molar-refractivity contribution in [2.24, 2.45) is 5.73 Å². The summed E-state index contributed by atoms with van der Waals surface area (Å²) in [6.45, 7) is 3.65. The molecule has 0 atom stereocenters. The van der Waals surface area contributed by atoms with Gasteiger partial charge in [0.05, 0.1) is 6.61 Å². The van der Waals surface area contributed by atoms with Crippen molar-refractivity contribution in [2.45, 2.75) is 20.0 Å². The summed E-state index contributed by atoms with van der Waals surface area (Å²) < 4.78 is 5.41. The minimum absolute atomic E-state index is 0.00236. The van der Waals surface area contributed by atoms with Crippen LogP contribution in [0.15, 0.2) is 48.5 Å². The third-order valence-electron chi connectivity index (χ3n) is 3.44. The maximum atomic E-state index is 12.4. The monoisotopic (exact) mass is 298 g/mol. The number of benzene rings is 2. The van der Waals surface area contributed by atoms with E-state index in [4.69, 9.17) is 10.5 Å². The Morgan fingerprint density at radius 2 is 1.64 bits per heavy atom. The van der Waals surface area contributed by atoms with Crippen LogP contribution >= 0.6 is 0 Å². The van der Waals surface area contributed by atoms with Gasteiger partial charge in [-0.25, -0.2) is 0 Å². The summed E-state index contributed by atoms with van der Waals surface area (Å²) >= 11 is 0. The van der Waals surface area contributed by atoms with Crippen molar-refractivity contribution in [1.29, 1.82) is 0 Å². The van der Waals surface area contributed by atoms with E-state index >= 15 is 0 Å². The van der Waals surface area contributed by atoms with Gasteiger partial charge in [-0.1, -0.05) is 24.3 Å². The number of nitrogens with two attached hydrogens (primary N) is 1. The lowest BCUT2D eigenvalue weighted by atomic mass is 10.1. The molecule has 1 amide bonds. The van der Waals surface area contributed by atoms with E-state index in [-0.39, 0.29) is 5.91 Å². The second-order valence-electron chi connectivity index (χ2n) is 5.14. The van der Waals surface area contributed by atoms with Crippen molar-refractivity contribution >= 4 is 5.91 Å². The standard InChI is InChI=1S/C18H22N2O2/c1-3-22-17-10-6-15(7-11-17)13-20(2)18(21)16-8-4-14(12-19)5-9-16/h4-11H,3,12-13,19H2,1-2H3. The SMILES string of the molecule is CCOc1ccc(CN(C)C(=O)c2ccc(CN)cc2)cc1. The van der Waals surface area contributed by atoms with Crippen LogP contribution in [0.5, 0.6) is 5.75 Å². The fourth-order valence-electron chi connectivity index (χ4n) is 2.21. The van der Waals surface area contributed by atoms with Gasteiger partial charge in [0, 0.05) is 25.7 Å². The molecular formula is C18H22N2O2. The van der Waals surface area contributed by atoms with E-state index in [2.05, 4.69) is 0 Å². The van der Waals surface area contributed by atoms with Gasteiger partial charge in [-0.2, -0.15) is 0 Å². The van der Waals surface area contributed by atoms with E-state index in [1.54, 1.807) is 11.9 Å². The molecule has 2 aromatic carbocycles. The third-order valence-corrected chi connectivity index (χ3v) is 3.44. The molecule has 0 saturated heterocycles. The summed E-state index contributed by atoms with van der Waals surface area (Å²) in [6, 6.07) is 15.2. The quantitative estimate of drug-likeness (QED) is 0.892. The van der Waals surface area contributed by atoms with Crippen LogP contribution in [0.25, 0.3) is 0 Å². The zero-order chi connectivity index (χ0) is 15.9. The van der Waals surface area contributed by atoms with Gasteiger partial charge in [0.1, 0.15) is 5.75 Å². The first-order valence-electron chi connectivity index (χ1n) is 7.40. The molecule has 0 aliphatic heterocycles. The molecule has 0 aliphatic rings. The highest BCUT2D eigenvalue weighted by Gasteiger charge is 2.11. The van der Waals surface area contributed by atoms with Gasteiger partial charge in [0.15, 0.2) is 0 Å². The van der Waals surface area contributed by atoms with Crippen LogP contribution in [0.4, 0.5) is 0 Å². The molecule has 4 nitrogen and oxygen atoms in total. The van der Waals surface area contributed by atoms with Crippen molar-refractivity contribution in [2.75, 3.05) is 13.7 Å². The highest BCUT2D eigenvalue weighted by atomic mass is 16.5. The Morgan fingerprint density at radius 3 is 2.18 bits per heavy atom. The van der Waals surface area contributed by atoms with E-state index in [0.717, 1.165) is 16.9 Å². The largest absolute Gasteiger partial charge is 0.494 e. The molecule has 4 heteroatoms. The zero-order valence-corrected chi connectivity index (χ0v) is 13.1. The lowest BCUT2D eigenvalue weighted by molar-refractivity contribution is 0.0785. The average Bonchev–Trinajstić information content (AvgIpc) is 2.56. The normalized spacial score (nSPS) is 10.3. The van der Waals surface area contributed by atoms with Crippen LogP contribution in [0.2, 0.25) is 0 Å². The molecule has 0 radical (unpaired) electrons. The summed E-state index contributed by atoms with van der Waals surface area (Å²) in [4.78, 5) is 14.1. The minimum atomic E-state index is -0.00236. The smallest absolute Gasteiger partial charge is 0.253 e. The Balaban J connectivity index is 2.00. The maximum Gasteiger partial charge on any atom is 0.253 e. The predicted octanol–water partition coefficient (Wildman–Crippen LogP) is 2.82. The molecule has 2 N–H and O–H groups in total. The van der Waals surface area contributed by atoms with Gasteiger partial charge >= 0.3 is 0 Å². The lowest BCUT2D eigenvalue weighted by Crippen LogP contribution is -2.26. The summed E-state index contributed by atoms with van der Waals surface area (Å²) in [5.74, 6) is 0.843. The molecule has 0 fully saturated rings. The van der Waals surface area contributed by atoms with Gasteiger partial charge in [0.2, 0.25) is 0 Å². The first kappa shape index (κ1) is 16.0. The Bertz CT molecular complexity index is 606. The van der Waals surface area contributed by atoms with E-state index < -0.39 is 0 Å². The highest BCUT2D eigenvalue weighted by molar-refractivity contribution is 5.94. The van der Waals surface area contributed by atoms with E-state index in [1.165, 1.54) is 0 Å². The molecule has 116 valence electrons. The van der Waals surface area contributed by atoms with Crippen molar-refractivity contribution in [3.05, 3.63) is 65.2 Å². The molecular weight excluding hydrogens is 276 g/mol. The predicted molar refractivity (Wildman–Crippen MR) is 87.7 cm³/mol. The van der Waals surface area contributed by atoms with Gasteiger partial charge < -0.3 is 15.4 Å². The highest BCUT2D eigenvalue weighted by Crippen LogP contribution is 2.14. The molecule has 2 rings (SSSR count). The molecule has 0 heterocycles. The number of rotatable bonds is 6. The number of carbonyl (C=O) groups is 1. The molecule has 0 bridgehead atoms. The van der Waals surface area contributed by atoms with Crippen LogP contribution in [0, 0.1) is 0 Å². The van der Waals surface area contributed by atoms with Gasteiger partial charge in [-0.15, -0.1) is 0 Å². The molecule has 0 aliphatic carbocycles. The fourth-order valence-corrected chi connectivity index (χ4v) is 2.21. The number of carbonyl (C=O) groups excluding carboxylic acids is 1. The Morgan fingerprint density at radius 1 is 1.05 bits per heavy atom. The summed E-state index contributed by atoms with van der Waals surface area (Å²) in [7, 11) is 1.80. The number of hydrogen-bond donors (Lipinski definition) is 1. The van der Waals surface area contributed by atoms with E-state index in [9.17, 15) is 4.79 Å². The Kier molecular flexibility index (Phi) is 5.55. The molecule has 0 saturated carbocycles. The molecule has 0 aromatic heterocycles. The van der Waals surface area contributed by atoms with Crippen LogP contribution < -0.4 is 10.5 Å². The van der Waals surface area contributed by atoms with Crippen LogP contribution in [-0.4, -0.2) is 24.5 Å². The second-order valence-corrected chi connectivity index (χ2v) is 5.14. The van der Waals surface area contributed by atoms with Gasteiger partial charge in [-0.05, 0) is 42.3 Å². The van der Waals surface area contributed by atoms with Crippen molar-refractivity contribution < 1.29 is 9.53 Å². The van der Waals surface area contributed by atoms with Crippen molar-refractivity contribution in [3.8, 4) is 5.75 Å². The lowest BCUT2D eigenvalue weighted by Gasteiger charge is -2.18. The number of nitrogens with zero attached hydrogens (tertiary/aromatic N) is 1. The topological polar surface area (TPSA) is 55.6 Å². The maximum absolute atomic E-state index is 12.4. The Hall–Kier alpha value is -2.33. The van der Waals surface area contributed by atoms with Crippen molar-refractivity contribution in [1.82, 2.24) is 4.90 Å². The number of amides is 1. The molecule has 22 heavy (non-hydrogen) atoms. The molecule has 2 aromatic rings. The minimum Gasteiger partial charge on any atom is -0.494 e. The Labute approximate surface area is 131 Å². The zero-order valence-electron chi connectivity index (χ0n) is 13.1. The summed E-state index contributed by atoms with van der Waals surface area (Å²) in [6.07, 6.45) is 0. The van der Waals surface area contributed by atoms with Crippen LogP contribution in [0.3, 0.4) is 0 Å². The van der Waals surface area contributed by atoms with Crippen LogP contribution in [0.1, 0.15) is 28.4 Å². The number of ether oxygens (including phenoxy) is 1. The van der Waals surface area contributed by atoms with Gasteiger partial charge in [-0.3, -0.25) is 4.79 Å². The van der Waals surface area contributed by atoms with Crippen LogP contribution in [-0.2, 0) is 13.1 Å². The van der Waals surface area contributed by atoms with Gasteiger partial charge in [0.25, 0.3) is 5.91 Å². The van der Waals surface area contributed by atoms with E-state index in [1.807, 2.05) is 55.5 Å². The molecule has 0 unspecified atom stereocenters. The summed E-state index contributed by atoms with van der Waals surface area (Å²) in [5, 5.41) is 0. The molecule has 0 spiro atoms. The third kappa shape index (κ3) is 4.09. The first-order valence-corrected chi connectivity index (χ1v) is 7.40.